The van der Waals surface area contributed by atoms with Crippen molar-refractivity contribution in [1.29, 1.82) is 0 Å². The molecule has 1 atom stereocenters. The van der Waals surface area contributed by atoms with Gasteiger partial charge in [0.05, 0.1) is 12.2 Å². The molecule has 1 saturated heterocycles. The molecule has 1 unspecified atom stereocenters. The van der Waals surface area contributed by atoms with Gasteiger partial charge in [-0.3, -0.25) is 4.79 Å². The molecule has 116 valence electrons. The molecule has 21 heavy (non-hydrogen) atoms. The van der Waals surface area contributed by atoms with E-state index in [1.807, 2.05) is 20.8 Å². The molecule has 0 aliphatic carbocycles. The molecular formula is C17H24O4. The first-order valence-electron chi connectivity index (χ1n) is 7.36. The fourth-order valence-electron chi connectivity index (χ4n) is 2.81. The van der Waals surface area contributed by atoms with Gasteiger partial charge in [-0.1, -0.05) is 0 Å². The summed E-state index contributed by atoms with van der Waals surface area (Å²) in [5, 5.41) is 0. The van der Waals surface area contributed by atoms with Crippen molar-refractivity contribution < 1.29 is 19.0 Å². The van der Waals surface area contributed by atoms with E-state index < -0.39 is 0 Å². The zero-order valence-corrected chi connectivity index (χ0v) is 13.4. The fraction of sp³-hybridized carbons (Fsp3) is 0.588. The molecule has 1 aliphatic heterocycles. The van der Waals surface area contributed by atoms with Crippen LogP contribution < -0.4 is 9.47 Å². The minimum atomic E-state index is -0.365. The maximum atomic E-state index is 10.9. The third kappa shape index (κ3) is 3.56. The predicted octanol–water partition coefficient (Wildman–Crippen LogP) is 3.62. The predicted molar refractivity (Wildman–Crippen MR) is 81.3 cm³/mol. The summed E-state index contributed by atoms with van der Waals surface area (Å²) in [5.74, 6) is 1.25. The first kappa shape index (κ1) is 15.8. The fourth-order valence-corrected chi connectivity index (χ4v) is 2.81. The number of carbonyl (C=O) groups excluding carboxylic acids is 1. The Morgan fingerprint density at radius 2 is 2.00 bits per heavy atom. The van der Waals surface area contributed by atoms with Gasteiger partial charge in [-0.05, 0) is 52.8 Å². The number of aldehydes is 1. The quantitative estimate of drug-likeness (QED) is 0.777. The average molecular weight is 292 g/mol. The van der Waals surface area contributed by atoms with Gasteiger partial charge in [0, 0.05) is 12.0 Å². The summed E-state index contributed by atoms with van der Waals surface area (Å²) in [6.45, 7) is 10.6. The summed E-state index contributed by atoms with van der Waals surface area (Å²) in [4.78, 5) is 10.9. The lowest BCUT2D eigenvalue weighted by molar-refractivity contribution is -0.0847. The van der Waals surface area contributed by atoms with Crippen LogP contribution in [0.2, 0.25) is 0 Å². The van der Waals surface area contributed by atoms with Gasteiger partial charge < -0.3 is 14.2 Å². The zero-order chi connectivity index (χ0) is 15.7. The molecule has 0 spiro atoms. The van der Waals surface area contributed by atoms with Crippen molar-refractivity contribution >= 4 is 6.29 Å². The second kappa shape index (κ2) is 5.68. The second-order valence-corrected chi connectivity index (χ2v) is 6.53. The van der Waals surface area contributed by atoms with Crippen molar-refractivity contribution in [1.82, 2.24) is 0 Å². The van der Waals surface area contributed by atoms with Crippen molar-refractivity contribution in [2.45, 2.75) is 58.3 Å². The van der Waals surface area contributed by atoms with Crippen LogP contribution in [0.15, 0.2) is 18.2 Å². The number of ether oxygens (including phenoxy) is 3. The van der Waals surface area contributed by atoms with Crippen LogP contribution in [0, 0.1) is 0 Å². The Labute approximate surface area is 126 Å². The van der Waals surface area contributed by atoms with Gasteiger partial charge in [0.25, 0.3) is 0 Å². The van der Waals surface area contributed by atoms with E-state index in [-0.39, 0.29) is 17.3 Å². The molecule has 1 fully saturated rings. The molecule has 4 nitrogen and oxygen atoms in total. The highest BCUT2D eigenvalue weighted by molar-refractivity contribution is 5.76. The Morgan fingerprint density at radius 3 is 2.52 bits per heavy atom. The van der Waals surface area contributed by atoms with Crippen molar-refractivity contribution in [2.24, 2.45) is 0 Å². The highest BCUT2D eigenvalue weighted by Gasteiger charge is 2.47. The van der Waals surface area contributed by atoms with Gasteiger partial charge in [-0.2, -0.15) is 0 Å². The van der Waals surface area contributed by atoms with Crippen LogP contribution in [0.4, 0.5) is 0 Å². The number of rotatable bonds is 5. The summed E-state index contributed by atoms with van der Waals surface area (Å²) in [6, 6.07) is 5.23. The lowest BCUT2D eigenvalue weighted by atomic mass is 9.97. The maximum Gasteiger partial charge on any atom is 0.161 e. The normalized spacial score (nSPS) is 22.8. The van der Waals surface area contributed by atoms with E-state index in [4.69, 9.17) is 14.2 Å². The van der Waals surface area contributed by atoms with E-state index in [1.165, 1.54) is 0 Å². The van der Waals surface area contributed by atoms with E-state index >= 15 is 0 Å². The molecule has 0 aromatic heterocycles. The zero-order valence-electron chi connectivity index (χ0n) is 13.4. The van der Waals surface area contributed by atoms with Crippen LogP contribution in [0.5, 0.6) is 11.5 Å². The average Bonchev–Trinajstić information content (AvgIpc) is 2.59. The van der Waals surface area contributed by atoms with Crippen molar-refractivity contribution in [3.8, 4) is 11.5 Å². The summed E-state index contributed by atoms with van der Waals surface area (Å²) < 4.78 is 17.8. The molecule has 0 bridgehead atoms. The number of benzene rings is 1. The SMILES string of the molecule is CCOc1cc(C=O)ccc1OC1CC(C)(C)OC1(C)C. The Bertz CT molecular complexity index is 520. The molecule has 0 radical (unpaired) electrons. The molecule has 0 saturated carbocycles. The van der Waals surface area contributed by atoms with Crippen molar-refractivity contribution in [2.75, 3.05) is 6.61 Å². The molecule has 2 rings (SSSR count). The number of hydrogen-bond acceptors (Lipinski definition) is 4. The molecule has 1 heterocycles. The summed E-state index contributed by atoms with van der Waals surface area (Å²) in [5.41, 5.74) is 0.00647. The molecule has 0 amide bonds. The van der Waals surface area contributed by atoms with E-state index in [9.17, 15) is 4.79 Å². The molecule has 0 N–H and O–H groups in total. The van der Waals surface area contributed by atoms with Crippen LogP contribution in [0.3, 0.4) is 0 Å². The summed E-state index contributed by atoms with van der Waals surface area (Å²) in [7, 11) is 0. The summed E-state index contributed by atoms with van der Waals surface area (Å²) in [6.07, 6.45) is 1.55. The molecule has 1 aromatic carbocycles. The Kier molecular flexibility index (Phi) is 4.28. The maximum absolute atomic E-state index is 10.9. The highest BCUT2D eigenvalue weighted by atomic mass is 16.6. The monoisotopic (exact) mass is 292 g/mol. The van der Waals surface area contributed by atoms with Gasteiger partial charge in [0.15, 0.2) is 11.5 Å². The van der Waals surface area contributed by atoms with E-state index in [1.54, 1.807) is 18.2 Å². The van der Waals surface area contributed by atoms with Gasteiger partial charge in [0.1, 0.15) is 18.0 Å². The standard InChI is InChI=1S/C17H24O4/c1-6-19-14-9-12(11-18)7-8-13(14)20-15-10-16(2,3)21-17(15,4)5/h7-9,11,15H,6,10H2,1-5H3. The number of hydrogen-bond donors (Lipinski definition) is 0. The van der Waals surface area contributed by atoms with Crippen LogP contribution in [-0.4, -0.2) is 30.2 Å². The largest absolute Gasteiger partial charge is 0.490 e. The van der Waals surface area contributed by atoms with E-state index in [2.05, 4.69) is 13.8 Å². The third-order valence-corrected chi connectivity index (χ3v) is 3.66. The van der Waals surface area contributed by atoms with Crippen LogP contribution in [0.25, 0.3) is 0 Å². The Morgan fingerprint density at radius 1 is 1.29 bits per heavy atom. The van der Waals surface area contributed by atoms with Crippen molar-refractivity contribution in [3.05, 3.63) is 23.8 Å². The minimum Gasteiger partial charge on any atom is -0.490 e. The Hall–Kier alpha value is -1.55. The van der Waals surface area contributed by atoms with Gasteiger partial charge in [-0.15, -0.1) is 0 Å². The van der Waals surface area contributed by atoms with Gasteiger partial charge >= 0.3 is 0 Å². The topological polar surface area (TPSA) is 44.8 Å². The molecular weight excluding hydrogens is 268 g/mol. The smallest absolute Gasteiger partial charge is 0.161 e. The lowest BCUT2D eigenvalue weighted by Gasteiger charge is -2.28. The molecule has 1 aliphatic rings. The summed E-state index contributed by atoms with van der Waals surface area (Å²) >= 11 is 0. The van der Waals surface area contributed by atoms with Gasteiger partial charge in [-0.25, -0.2) is 0 Å². The lowest BCUT2D eigenvalue weighted by Crippen LogP contribution is -2.36. The Balaban J connectivity index is 2.25. The third-order valence-electron chi connectivity index (χ3n) is 3.66. The van der Waals surface area contributed by atoms with E-state index in [0.29, 0.717) is 23.7 Å². The van der Waals surface area contributed by atoms with Crippen LogP contribution in [0.1, 0.15) is 51.4 Å². The van der Waals surface area contributed by atoms with E-state index in [0.717, 1.165) is 12.7 Å². The van der Waals surface area contributed by atoms with Gasteiger partial charge in [0.2, 0.25) is 0 Å². The number of carbonyl (C=O) groups is 1. The first-order valence-corrected chi connectivity index (χ1v) is 7.36. The molecule has 4 heteroatoms. The first-order chi connectivity index (χ1) is 9.77. The van der Waals surface area contributed by atoms with Crippen LogP contribution in [-0.2, 0) is 4.74 Å². The second-order valence-electron chi connectivity index (χ2n) is 6.53. The van der Waals surface area contributed by atoms with Crippen molar-refractivity contribution in [3.63, 3.8) is 0 Å². The van der Waals surface area contributed by atoms with Crippen LogP contribution >= 0.6 is 0 Å². The molecule has 1 aromatic rings. The highest BCUT2D eigenvalue weighted by Crippen LogP contribution is 2.41. The minimum absolute atomic E-state index is 0.0613.